The molecule has 1 heterocycles. The summed E-state index contributed by atoms with van der Waals surface area (Å²) in [4.78, 5) is 2.58. The molecule has 0 amide bonds. The van der Waals surface area contributed by atoms with Crippen molar-refractivity contribution in [3.63, 3.8) is 0 Å². The molecule has 0 unspecified atom stereocenters. The predicted molar refractivity (Wildman–Crippen MR) is 110 cm³/mol. The van der Waals surface area contributed by atoms with Crippen molar-refractivity contribution >= 4 is 28.4 Å². The van der Waals surface area contributed by atoms with Crippen LogP contribution in [0, 0.1) is 18.3 Å². The van der Waals surface area contributed by atoms with Crippen LogP contribution in [0.25, 0.3) is 0 Å². The number of hydrogen-bond acceptors (Lipinski definition) is 3. The molecule has 0 aliphatic carbocycles. The van der Waals surface area contributed by atoms with Crippen LogP contribution in [0.3, 0.4) is 0 Å². The number of halogens is 1. The van der Waals surface area contributed by atoms with E-state index < -0.39 is 0 Å². The van der Waals surface area contributed by atoms with E-state index in [-0.39, 0.29) is 5.84 Å². The summed E-state index contributed by atoms with van der Waals surface area (Å²) in [6.07, 6.45) is 6.58. The molecule has 1 aromatic carbocycles. The number of ether oxygens (including phenoxy) is 1. The molecule has 1 fully saturated rings. The zero-order chi connectivity index (χ0) is 17.4. The number of aryl methyl sites for hydroxylation is 1. The van der Waals surface area contributed by atoms with Gasteiger partial charge in [-0.15, -0.1) is 0 Å². The molecule has 1 aromatic rings. The number of hydrogen-bond donors (Lipinski definition) is 2. The topological polar surface area (TPSA) is 62.3 Å². The molecule has 1 aliphatic rings. The van der Waals surface area contributed by atoms with Gasteiger partial charge >= 0.3 is 0 Å². The zero-order valence-corrected chi connectivity index (χ0v) is 16.8. The molecule has 1 aliphatic heterocycles. The minimum absolute atomic E-state index is 0.112. The van der Waals surface area contributed by atoms with E-state index >= 15 is 0 Å². The fourth-order valence-electron chi connectivity index (χ4n) is 3.37. The Morgan fingerprint density at radius 1 is 1.33 bits per heavy atom. The van der Waals surface area contributed by atoms with Gasteiger partial charge in [-0.3, -0.25) is 5.41 Å². The van der Waals surface area contributed by atoms with Gasteiger partial charge in [-0.25, -0.2) is 0 Å². The SMILES string of the molecule is Cc1cc(OCCCN2CCC(CCCI)CC2)ccc1C(=N)N. The number of nitrogens with one attached hydrogen (secondary N) is 1. The van der Waals surface area contributed by atoms with Crippen LogP contribution in [0.4, 0.5) is 0 Å². The number of alkyl halides is 1. The molecule has 5 heteroatoms. The molecule has 0 spiro atoms. The molecule has 0 radical (unpaired) electrons. The Bertz CT molecular complexity index is 527. The maximum atomic E-state index is 7.51. The van der Waals surface area contributed by atoms with E-state index in [0.29, 0.717) is 0 Å². The van der Waals surface area contributed by atoms with Gasteiger partial charge in [0.15, 0.2) is 0 Å². The van der Waals surface area contributed by atoms with Crippen molar-refractivity contribution in [3.05, 3.63) is 29.3 Å². The van der Waals surface area contributed by atoms with Crippen molar-refractivity contribution < 1.29 is 4.74 Å². The van der Waals surface area contributed by atoms with Crippen LogP contribution in [-0.2, 0) is 0 Å². The largest absolute Gasteiger partial charge is 0.494 e. The summed E-state index contributed by atoms with van der Waals surface area (Å²) in [7, 11) is 0. The highest BCUT2D eigenvalue weighted by atomic mass is 127. The first kappa shape index (κ1) is 19.5. The molecule has 2 rings (SSSR count). The fourth-order valence-corrected chi connectivity index (χ4v) is 3.81. The number of likely N-dealkylation sites (tertiary alicyclic amines) is 1. The molecule has 3 N–H and O–H groups in total. The lowest BCUT2D eigenvalue weighted by Gasteiger charge is -2.31. The summed E-state index contributed by atoms with van der Waals surface area (Å²) < 4.78 is 7.14. The predicted octanol–water partition coefficient (Wildman–Crippen LogP) is 3.98. The van der Waals surface area contributed by atoms with Crippen LogP contribution < -0.4 is 10.5 Å². The maximum absolute atomic E-state index is 7.51. The summed E-state index contributed by atoms with van der Waals surface area (Å²) >= 11 is 2.48. The van der Waals surface area contributed by atoms with Crippen molar-refractivity contribution in [1.82, 2.24) is 4.90 Å². The maximum Gasteiger partial charge on any atom is 0.123 e. The van der Waals surface area contributed by atoms with Crippen LogP contribution >= 0.6 is 22.6 Å². The van der Waals surface area contributed by atoms with Crippen molar-refractivity contribution in [1.29, 1.82) is 5.41 Å². The number of amidine groups is 1. The lowest BCUT2D eigenvalue weighted by atomic mass is 9.92. The van der Waals surface area contributed by atoms with Gasteiger partial charge in [-0.2, -0.15) is 0 Å². The summed E-state index contributed by atoms with van der Waals surface area (Å²) in [5.41, 5.74) is 7.32. The number of benzene rings is 1. The van der Waals surface area contributed by atoms with Crippen LogP contribution in [0.15, 0.2) is 18.2 Å². The van der Waals surface area contributed by atoms with Gasteiger partial charge in [0.05, 0.1) is 6.61 Å². The lowest BCUT2D eigenvalue weighted by Crippen LogP contribution is -2.34. The van der Waals surface area contributed by atoms with E-state index in [9.17, 15) is 0 Å². The monoisotopic (exact) mass is 443 g/mol. The van der Waals surface area contributed by atoms with Gasteiger partial charge in [0.1, 0.15) is 11.6 Å². The highest BCUT2D eigenvalue weighted by molar-refractivity contribution is 14.1. The van der Waals surface area contributed by atoms with E-state index in [1.54, 1.807) is 0 Å². The standard InChI is InChI=1S/C19H30IN3O/c1-15-14-17(5-6-18(15)19(21)22)24-13-3-10-23-11-7-16(8-12-23)4-2-9-20/h5-6,14,16H,2-4,7-13H2,1H3,(H3,21,22). The number of nitrogens with two attached hydrogens (primary N) is 1. The minimum atomic E-state index is 0.112. The van der Waals surface area contributed by atoms with Gasteiger partial charge in [0.2, 0.25) is 0 Å². The molecule has 0 bridgehead atoms. The lowest BCUT2D eigenvalue weighted by molar-refractivity contribution is 0.166. The first-order valence-corrected chi connectivity index (χ1v) is 10.5. The number of rotatable bonds is 9. The van der Waals surface area contributed by atoms with Gasteiger partial charge in [-0.1, -0.05) is 22.6 Å². The Kier molecular flexibility index (Phi) is 8.32. The highest BCUT2D eigenvalue weighted by Gasteiger charge is 2.18. The van der Waals surface area contributed by atoms with Crippen molar-refractivity contribution in [2.75, 3.05) is 30.7 Å². The van der Waals surface area contributed by atoms with Crippen LogP contribution in [0.1, 0.15) is 43.2 Å². The van der Waals surface area contributed by atoms with Crippen molar-refractivity contribution in [2.45, 2.75) is 39.0 Å². The summed E-state index contributed by atoms with van der Waals surface area (Å²) in [6.45, 7) is 6.33. The third-order valence-electron chi connectivity index (χ3n) is 4.83. The van der Waals surface area contributed by atoms with Crippen LogP contribution in [0.5, 0.6) is 5.75 Å². The van der Waals surface area contributed by atoms with Gasteiger partial charge in [0, 0.05) is 12.1 Å². The third-order valence-corrected chi connectivity index (χ3v) is 5.59. The average Bonchev–Trinajstić information content (AvgIpc) is 2.57. The molecule has 0 saturated carbocycles. The van der Waals surface area contributed by atoms with E-state index in [4.69, 9.17) is 15.9 Å². The molecule has 4 nitrogen and oxygen atoms in total. The molecular formula is C19H30IN3O. The van der Waals surface area contributed by atoms with Crippen molar-refractivity contribution in [3.8, 4) is 5.75 Å². The summed E-state index contributed by atoms with van der Waals surface area (Å²) in [6, 6.07) is 5.74. The summed E-state index contributed by atoms with van der Waals surface area (Å²) in [5.74, 6) is 1.94. The average molecular weight is 443 g/mol. The molecule has 0 aromatic heterocycles. The third kappa shape index (κ3) is 6.24. The van der Waals surface area contributed by atoms with E-state index in [2.05, 4.69) is 27.5 Å². The van der Waals surface area contributed by atoms with E-state index in [1.165, 1.54) is 43.2 Å². The van der Waals surface area contributed by atoms with Gasteiger partial charge in [-0.05, 0) is 86.2 Å². The Hall–Kier alpha value is -0.820. The second kappa shape index (κ2) is 10.2. The van der Waals surface area contributed by atoms with E-state index in [1.807, 2.05) is 25.1 Å². The minimum Gasteiger partial charge on any atom is -0.494 e. The second-order valence-electron chi connectivity index (χ2n) is 6.71. The fraction of sp³-hybridized carbons (Fsp3) is 0.632. The Morgan fingerprint density at radius 2 is 2.08 bits per heavy atom. The first-order chi connectivity index (χ1) is 11.6. The van der Waals surface area contributed by atoms with Crippen LogP contribution in [0.2, 0.25) is 0 Å². The number of nitrogens with zero attached hydrogens (tertiary/aromatic N) is 1. The van der Waals surface area contributed by atoms with Gasteiger partial charge in [0.25, 0.3) is 0 Å². The van der Waals surface area contributed by atoms with Gasteiger partial charge < -0.3 is 15.4 Å². The Labute approximate surface area is 159 Å². The Balaban J connectivity index is 1.63. The molecule has 134 valence electrons. The summed E-state index contributed by atoms with van der Waals surface area (Å²) in [5, 5.41) is 7.51. The molecule has 0 atom stereocenters. The number of nitrogen functional groups attached to an aromatic ring is 1. The molecule has 1 saturated heterocycles. The second-order valence-corrected chi connectivity index (χ2v) is 7.79. The van der Waals surface area contributed by atoms with Crippen LogP contribution in [-0.4, -0.2) is 41.4 Å². The van der Waals surface area contributed by atoms with Crippen molar-refractivity contribution in [2.24, 2.45) is 11.7 Å². The normalized spacial score (nSPS) is 16.2. The van der Waals surface area contributed by atoms with E-state index in [0.717, 1.165) is 42.4 Å². The number of piperidine rings is 1. The zero-order valence-electron chi connectivity index (χ0n) is 14.7. The first-order valence-electron chi connectivity index (χ1n) is 8.96. The highest BCUT2D eigenvalue weighted by Crippen LogP contribution is 2.22. The quantitative estimate of drug-likeness (QED) is 0.200. The smallest absolute Gasteiger partial charge is 0.123 e. The Morgan fingerprint density at radius 3 is 2.71 bits per heavy atom. The molecular weight excluding hydrogens is 413 g/mol. The molecule has 24 heavy (non-hydrogen) atoms.